The predicted octanol–water partition coefficient (Wildman–Crippen LogP) is 2.41. The molecule has 2 N–H and O–H groups in total. The van der Waals surface area contributed by atoms with Crippen molar-refractivity contribution in [3.8, 4) is 11.5 Å². The molecule has 1 saturated carbocycles. The van der Waals surface area contributed by atoms with Gasteiger partial charge in [0.25, 0.3) is 0 Å². The zero-order valence-corrected chi connectivity index (χ0v) is 18.9. The Morgan fingerprint density at radius 2 is 1.83 bits per heavy atom. The van der Waals surface area contributed by atoms with Gasteiger partial charge in [-0.25, -0.2) is 0 Å². The van der Waals surface area contributed by atoms with Crippen LogP contribution in [0.1, 0.15) is 30.4 Å². The Morgan fingerprint density at radius 3 is 2.48 bits per heavy atom. The van der Waals surface area contributed by atoms with Crippen molar-refractivity contribution < 1.29 is 14.3 Å². The topological polar surface area (TPSA) is 62.8 Å². The van der Waals surface area contributed by atoms with Gasteiger partial charge in [0.2, 0.25) is 5.91 Å². The van der Waals surface area contributed by atoms with E-state index in [-0.39, 0.29) is 36.6 Å². The van der Waals surface area contributed by atoms with Crippen molar-refractivity contribution in [2.75, 3.05) is 46.9 Å². The maximum Gasteiger partial charge on any atom is 0.223 e. The summed E-state index contributed by atoms with van der Waals surface area (Å²) in [6, 6.07) is 4.18. The lowest BCUT2D eigenvalue weighted by molar-refractivity contribution is -0.123. The Balaban J connectivity index is 0.00000150. The van der Waals surface area contributed by atoms with Gasteiger partial charge < -0.3 is 20.1 Å². The van der Waals surface area contributed by atoms with Gasteiger partial charge in [-0.1, -0.05) is 0 Å². The summed E-state index contributed by atoms with van der Waals surface area (Å²) in [5.74, 6) is 2.10. The van der Waals surface area contributed by atoms with E-state index in [1.54, 1.807) is 14.2 Å². The van der Waals surface area contributed by atoms with Crippen LogP contribution >= 0.6 is 24.8 Å². The highest BCUT2D eigenvalue weighted by Crippen LogP contribution is 2.58. The van der Waals surface area contributed by atoms with Crippen molar-refractivity contribution in [2.24, 2.45) is 11.3 Å². The molecule has 29 heavy (non-hydrogen) atoms. The first-order valence-electron chi connectivity index (χ1n) is 10.1. The number of amides is 1. The first-order valence-corrected chi connectivity index (χ1v) is 10.1. The van der Waals surface area contributed by atoms with Crippen molar-refractivity contribution in [2.45, 2.75) is 32.2 Å². The van der Waals surface area contributed by atoms with E-state index in [4.69, 9.17) is 9.47 Å². The average molecular weight is 446 g/mol. The summed E-state index contributed by atoms with van der Waals surface area (Å²) in [6.07, 6.45) is 4.39. The summed E-state index contributed by atoms with van der Waals surface area (Å²) in [5, 5.41) is 6.58. The lowest BCUT2D eigenvalue weighted by Gasteiger charge is -2.29. The minimum atomic E-state index is 0. The second-order valence-electron chi connectivity index (χ2n) is 8.16. The maximum atomic E-state index is 12.5. The molecule has 1 atom stereocenters. The summed E-state index contributed by atoms with van der Waals surface area (Å²) < 4.78 is 10.8. The van der Waals surface area contributed by atoms with Crippen molar-refractivity contribution in [1.29, 1.82) is 0 Å². The monoisotopic (exact) mass is 445 g/mol. The Kier molecular flexibility index (Phi) is 8.47. The maximum absolute atomic E-state index is 12.5. The Labute approximate surface area is 185 Å². The average Bonchev–Trinajstić information content (AvgIpc) is 3.40. The molecule has 1 unspecified atom stereocenters. The molecule has 8 heteroatoms. The third-order valence-corrected chi connectivity index (χ3v) is 6.63. The molecule has 1 saturated heterocycles. The number of piperidine rings is 1. The summed E-state index contributed by atoms with van der Waals surface area (Å²) >= 11 is 0. The highest BCUT2D eigenvalue weighted by molar-refractivity contribution is 5.85. The van der Waals surface area contributed by atoms with Crippen LogP contribution in [0.3, 0.4) is 0 Å². The molecular formula is C21H33Cl2N3O3. The zero-order valence-electron chi connectivity index (χ0n) is 17.3. The number of carbonyl (C=O) groups excluding carboxylic acids is 1. The SMILES string of the molecule is COc1cc2c(cc1OC)CN(CCNC(=O)C1CC13CCNCC3)CC2.Cl.Cl. The van der Waals surface area contributed by atoms with Gasteiger partial charge in [0.15, 0.2) is 11.5 Å². The fourth-order valence-corrected chi connectivity index (χ4v) is 4.79. The van der Waals surface area contributed by atoms with Gasteiger partial charge >= 0.3 is 0 Å². The molecule has 3 aliphatic rings. The summed E-state index contributed by atoms with van der Waals surface area (Å²) in [6.45, 7) is 5.64. The molecule has 2 aliphatic heterocycles. The number of halogens is 2. The van der Waals surface area contributed by atoms with E-state index in [1.807, 2.05) is 0 Å². The van der Waals surface area contributed by atoms with Gasteiger partial charge in [-0.15, -0.1) is 24.8 Å². The molecule has 0 bridgehead atoms. The minimum Gasteiger partial charge on any atom is -0.493 e. The molecule has 1 aromatic rings. The lowest BCUT2D eigenvalue weighted by Crippen LogP contribution is -2.39. The third-order valence-electron chi connectivity index (χ3n) is 6.63. The predicted molar refractivity (Wildman–Crippen MR) is 119 cm³/mol. The number of hydrogen-bond acceptors (Lipinski definition) is 5. The second kappa shape index (κ2) is 10.2. The van der Waals surface area contributed by atoms with Crippen LogP contribution in [-0.4, -0.2) is 57.8 Å². The van der Waals surface area contributed by atoms with Crippen LogP contribution in [-0.2, 0) is 17.8 Å². The molecule has 2 heterocycles. The standard InChI is InChI=1S/C21H31N3O3.2ClH/c1-26-18-11-15-3-9-24(14-16(15)12-19(18)27-2)10-8-23-20(25)17-13-21(17)4-6-22-7-5-21;;/h11-12,17,22H,3-10,13-14H2,1-2H3,(H,23,25);2*1H. The van der Waals surface area contributed by atoms with Crippen molar-refractivity contribution in [3.63, 3.8) is 0 Å². The fourth-order valence-electron chi connectivity index (χ4n) is 4.79. The second-order valence-corrected chi connectivity index (χ2v) is 8.16. The number of nitrogens with zero attached hydrogens (tertiary/aromatic N) is 1. The fraction of sp³-hybridized carbons (Fsp3) is 0.667. The summed E-state index contributed by atoms with van der Waals surface area (Å²) in [7, 11) is 3.35. The van der Waals surface area contributed by atoms with Gasteiger partial charge in [0.05, 0.1) is 14.2 Å². The van der Waals surface area contributed by atoms with E-state index in [0.717, 1.165) is 76.5 Å². The van der Waals surface area contributed by atoms with E-state index in [2.05, 4.69) is 27.7 Å². The van der Waals surface area contributed by atoms with Crippen molar-refractivity contribution in [1.82, 2.24) is 15.5 Å². The quantitative estimate of drug-likeness (QED) is 0.703. The Morgan fingerprint density at radius 1 is 1.17 bits per heavy atom. The molecule has 1 aromatic carbocycles. The van der Waals surface area contributed by atoms with Crippen LogP contribution < -0.4 is 20.1 Å². The summed E-state index contributed by atoms with van der Waals surface area (Å²) in [5.41, 5.74) is 2.94. The third kappa shape index (κ3) is 5.10. The number of methoxy groups -OCH3 is 2. The molecule has 0 aromatic heterocycles. The smallest absolute Gasteiger partial charge is 0.223 e. The number of fused-ring (bicyclic) bond motifs is 1. The van der Waals surface area contributed by atoms with E-state index >= 15 is 0 Å². The lowest BCUT2D eigenvalue weighted by atomic mass is 9.92. The van der Waals surface area contributed by atoms with E-state index < -0.39 is 0 Å². The Hall–Kier alpha value is -1.21. The van der Waals surface area contributed by atoms with Crippen LogP contribution in [0.15, 0.2) is 12.1 Å². The van der Waals surface area contributed by atoms with Crippen LogP contribution in [0.5, 0.6) is 11.5 Å². The first kappa shape index (κ1) is 24.1. The van der Waals surface area contributed by atoms with Crippen molar-refractivity contribution >= 4 is 30.7 Å². The molecule has 1 aliphatic carbocycles. The number of nitrogens with one attached hydrogen (secondary N) is 2. The molecule has 2 fully saturated rings. The van der Waals surface area contributed by atoms with Crippen molar-refractivity contribution in [3.05, 3.63) is 23.3 Å². The van der Waals surface area contributed by atoms with Crippen LogP contribution in [0.2, 0.25) is 0 Å². The number of carbonyl (C=O) groups is 1. The molecule has 1 spiro atoms. The normalized spacial score (nSPS) is 21.9. The molecule has 164 valence electrons. The number of rotatable bonds is 6. The van der Waals surface area contributed by atoms with E-state index in [9.17, 15) is 4.79 Å². The van der Waals surface area contributed by atoms with E-state index in [1.165, 1.54) is 11.1 Å². The Bertz CT molecular complexity index is 711. The van der Waals surface area contributed by atoms with Gasteiger partial charge in [0, 0.05) is 32.1 Å². The zero-order chi connectivity index (χ0) is 18.9. The van der Waals surface area contributed by atoms with Crippen LogP contribution in [0.4, 0.5) is 0 Å². The van der Waals surface area contributed by atoms with Gasteiger partial charge in [0.1, 0.15) is 0 Å². The first-order chi connectivity index (χ1) is 13.1. The molecular weight excluding hydrogens is 413 g/mol. The van der Waals surface area contributed by atoms with Gasteiger partial charge in [-0.05, 0) is 67.4 Å². The highest BCUT2D eigenvalue weighted by Gasteiger charge is 2.57. The van der Waals surface area contributed by atoms with Crippen LogP contribution in [0.25, 0.3) is 0 Å². The van der Waals surface area contributed by atoms with Gasteiger partial charge in [-0.3, -0.25) is 9.69 Å². The largest absolute Gasteiger partial charge is 0.493 e. The van der Waals surface area contributed by atoms with Crippen LogP contribution in [0, 0.1) is 11.3 Å². The molecule has 0 radical (unpaired) electrons. The van der Waals surface area contributed by atoms with Gasteiger partial charge in [-0.2, -0.15) is 0 Å². The van der Waals surface area contributed by atoms with E-state index in [0.29, 0.717) is 5.41 Å². The highest BCUT2D eigenvalue weighted by atomic mass is 35.5. The summed E-state index contributed by atoms with van der Waals surface area (Å²) in [4.78, 5) is 14.9. The molecule has 1 amide bonds. The minimum absolute atomic E-state index is 0. The molecule has 6 nitrogen and oxygen atoms in total. The number of benzene rings is 1. The number of hydrogen-bond donors (Lipinski definition) is 2. The molecule has 4 rings (SSSR count). The number of ether oxygens (including phenoxy) is 2.